The summed E-state index contributed by atoms with van der Waals surface area (Å²) in [6.45, 7) is 0.449. The third-order valence-electron chi connectivity index (χ3n) is 4.89. The molecule has 2 atom stereocenters. The predicted molar refractivity (Wildman–Crippen MR) is 103 cm³/mol. The van der Waals surface area contributed by atoms with Crippen LogP contribution in [0, 0.1) is 5.82 Å². The van der Waals surface area contributed by atoms with E-state index < -0.39 is 23.8 Å². The molecule has 0 radical (unpaired) electrons. The second kappa shape index (κ2) is 7.64. The molecule has 1 fully saturated rings. The Morgan fingerprint density at radius 3 is 2.82 bits per heavy atom. The molecule has 2 unspecified atom stereocenters. The van der Waals surface area contributed by atoms with Gasteiger partial charge in [-0.25, -0.2) is 9.37 Å². The van der Waals surface area contributed by atoms with Crippen molar-refractivity contribution in [3.8, 4) is 0 Å². The molecule has 1 aromatic heterocycles. The Morgan fingerprint density at radius 2 is 2.07 bits per heavy atom. The van der Waals surface area contributed by atoms with Crippen LogP contribution in [0.15, 0.2) is 60.5 Å². The maximum atomic E-state index is 14.5. The zero-order chi connectivity index (χ0) is 19.8. The zero-order valence-electron chi connectivity index (χ0n) is 14.6. The number of allylic oxidation sites excluding steroid dienone is 2. The first-order valence-corrected chi connectivity index (χ1v) is 9.41. The third kappa shape index (κ3) is 3.44. The van der Waals surface area contributed by atoms with Crippen molar-refractivity contribution in [2.24, 2.45) is 0 Å². The van der Waals surface area contributed by atoms with E-state index in [1.807, 2.05) is 6.08 Å². The molecule has 1 aromatic carbocycles. The fourth-order valence-electron chi connectivity index (χ4n) is 3.56. The molecule has 0 saturated carbocycles. The van der Waals surface area contributed by atoms with Crippen LogP contribution in [0.3, 0.4) is 0 Å². The first kappa shape index (κ1) is 19.1. The number of ketones is 1. The number of hydroxylamine groups is 2. The highest BCUT2D eigenvalue weighted by molar-refractivity contribution is 6.30. The number of fused-ring (bicyclic) bond motifs is 1. The molecular weight excluding hydrogens is 404 g/mol. The van der Waals surface area contributed by atoms with Crippen LogP contribution in [-0.4, -0.2) is 38.6 Å². The molecule has 1 N–H and O–H groups in total. The maximum absolute atomic E-state index is 14.5. The molecule has 144 valence electrons. The third-order valence-corrected chi connectivity index (χ3v) is 5.35. The van der Waals surface area contributed by atoms with Crippen LogP contribution in [-0.2, 0) is 11.2 Å². The lowest BCUT2D eigenvalue weighted by Crippen LogP contribution is -2.57. The second-order valence-corrected chi connectivity index (χ2v) is 7.44. The van der Waals surface area contributed by atoms with Crippen molar-refractivity contribution in [3.63, 3.8) is 0 Å². The van der Waals surface area contributed by atoms with E-state index >= 15 is 0 Å². The number of rotatable bonds is 3. The van der Waals surface area contributed by atoms with Gasteiger partial charge in [0.25, 0.3) is 0 Å². The smallest absolute Gasteiger partial charge is 0.203 e. The highest BCUT2D eigenvalue weighted by Gasteiger charge is 2.45. The van der Waals surface area contributed by atoms with Crippen molar-refractivity contribution in [1.29, 1.82) is 0 Å². The molecule has 2 aliphatic heterocycles. The van der Waals surface area contributed by atoms with Crippen molar-refractivity contribution < 1.29 is 14.4 Å². The Labute approximate surface area is 171 Å². The molecule has 0 bridgehead atoms. The molecule has 28 heavy (non-hydrogen) atoms. The Bertz CT molecular complexity index is 978. The van der Waals surface area contributed by atoms with E-state index in [1.54, 1.807) is 35.4 Å². The van der Waals surface area contributed by atoms with Gasteiger partial charge in [-0.15, -0.1) is 0 Å². The Balaban J connectivity index is 1.76. The summed E-state index contributed by atoms with van der Waals surface area (Å²) in [6, 6.07) is 6.24. The quantitative estimate of drug-likeness (QED) is 0.756. The monoisotopic (exact) mass is 419 g/mol. The first-order valence-electron chi connectivity index (χ1n) is 8.66. The number of benzene rings is 1. The van der Waals surface area contributed by atoms with Gasteiger partial charge in [-0.1, -0.05) is 41.4 Å². The van der Waals surface area contributed by atoms with Crippen molar-refractivity contribution in [3.05, 3.63) is 87.6 Å². The van der Waals surface area contributed by atoms with Crippen LogP contribution < -0.4 is 0 Å². The molecule has 0 amide bonds. The number of carbonyl (C=O) groups is 1. The van der Waals surface area contributed by atoms with Gasteiger partial charge >= 0.3 is 0 Å². The fourth-order valence-corrected chi connectivity index (χ4v) is 3.85. The average Bonchev–Trinajstić information content (AvgIpc) is 2.69. The molecular formula is C20H16Cl2FN3O2. The first-order chi connectivity index (χ1) is 13.5. The van der Waals surface area contributed by atoms with Crippen LogP contribution in [0.25, 0.3) is 0 Å². The van der Waals surface area contributed by atoms with Gasteiger partial charge in [0.1, 0.15) is 23.2 Å². The molecule has 8 heteroatoms. The van der Waals surface area contributed by atoms with E-state index in [1.165, 1.54) is 18.2 Å². The van der Waals surface area contributed by atoms with Gasteiger partial charge in [-0.05, 0) is 35.9 Å². The number of aromatic nitrogens is 1. The lowest BCUT2D eigenvalue weighted by Gasteiger charge is -2.47. The van der Waals surface area contributed by atoms with E-state index in [4.69, 9.17) is 23.2 Å². The molecule has 1 saturated heterocycles. The Hall–Kier alpha value is -2.25. The van der Waals surface area contributed by atoms with Crippen LogP contribution in [0.4, 0.5) is 4.39 Å². The molecule has 0 aliphatic carbocycles. The SMILES string of the molecule is O=C1C2=CC=CCN2C(Cc2ccc(Cl)nc2)N(O)C1c1cc(Cl)ccc1F. The number of pyridine rings is 1. The van der Waals surface area contributed by atoms with Crippen LogP contribution in [0.1, 0.15) is 17.2 Å². The van der Waals surface area contributed by atoms with Gasteiger partial charge in [0, 0.05) is 29.7 Å². The van der Waals surface area contributed by atoms with E-state index in [-0.39, 0.29) is 10.6 Å². The Morgan fingerprint density at radius 1 is 1.25 bits per heavy atom. The summed E-state index contributed by atoms with van der Waals surface area (Å²) in [4.78, 5) is 18.9. The standard InChI is InChI=1S/C20H16Cl2FN3O2/c21-13-5-6-15(23)14(10-13)19-20(27)16-3-1-2-8-25(16)18(26(19)28)9-12-4-7-17(22)24-11-12/h1-7,10-11,18-19,28H,8-9H2. The molecule has 2 aliphatic rings. The lowest BCUT2D eigenvalue weighted by molar-refractivity contribution is -0.209. The number of carbonyl (C=O) groups excluding carboxylic acids is 1. The number of hydrogen-bond donors (Lipinski definition) is 1. The molecule has 3 heterocycles. The van der Waals surface area contributed by atoms with Crippen molar-refractivity contribution in [2.45, 2.75) is 18.6 Å². The molecule has 0 spiro atoms. The summed E-state index contributed by atoms with van der Waals surface area (Å²) in [6.07, 6.45) is 6.73. The zero-order valence-corrected chi connectivity index (χ0v) is 16.1. The van der Waals surface area contributed by atoms with Gasteiger partial charge in [0.2, 0.25) is 5.78 Å². The van der Waals surface area contributed by atoms with E-state index in [0.717, 1.165) is 10.6 Å². The van der Waals surface area contributed by atoms with Crippen molar-refractivity contribution in [2.75, 3.05) is 6.54 Å². The number of halogens is 3. The second-order valence-electron chi connectivity index (χ2n) is 6.62. The van der Waals surface area contributed by atoms with Gasteiger partial charge in [-0.3, -0.25) is 4.79 Å². The summed E-state index contributed by atoms with van der Waals surface area (Å²) in [7, 11) is 0. The van der Waals surface area contributed by atoms with Gasteiger partial charge in [0.15, 0.2) is 0 Å². The normalized spacial score (nSPS) is 22.2. The summed E-state index contributed by atoms with van der Waals surface area (Å²) in [5.74, 6) is -0.993. The minimum atomic E-state index is -1.20. The number of Topliss-reactive ketones (excluding diaryl/α,β-unsaturated/α-hetero) is 1. The van der Waals surface area contributed by atoms with Crippen LogP contribution in [0.2, 0.25) is 10.2 Å². The topological polar surface area (TPSA) is 56.7 Å². The number of nitrogens with zero attached hydrogens (tertiary/aromatic N) is 3. The predicted octanol–water partition coefficient (Wildman–Crippen LogP) is 4.17. The van der Waals surface area contributed by atoms with Gasteiger partial charge < -0.3 is 10.1 Å². The summed E-state index contributed by atoms with van der Waals surface area (Å²) < 4.78 is 14.5. The lowest BCUT2D eigenvalue weighted by atomic mass is 9.93. The van der Waals surface area contributed by atoms with Gasteiger partial charge in [-0.2, -0.15) is 5.06 Å². The van der Waals surface area contributed by atoms with E-state index in [9.17, 15) is 14.4 Å². The van der Waals surface area contributed by atoms with Crippen molar-refractivity contribution in [1.82, 2.24) is 14.9 Å². The van der Waals surface area contributed by atoms with Crippen LogP contribution >= 0.6 is 23.2 Å². The summed E-state index contributed by atoms with van der Waals surface area (Å²) >= 11 is 11.9. The van der Waals surface area contributed by atoms with E-state index in [2.05, 4.69) is 4.98 Å². The number of hydrogen-bond acceptors (Lipinski definition) is 5. The maximum Gasteiger partial charge on any atom is 0.203 e. The fraction of sp³-hybridized carbons (Fsp3) is 0.200. The highest BCUT2D eigenvalue weighted by atomic mass is 35.5. The van der Waals surface area contributed by atoms with Gasteiger partial charge in [0.05, 0.1) is 5.70 Å². The minimum absolute atomic E-state index is 0.0364. The average molecular weight is 420 g/mol. The minimum Gasteiger partial charge on any atom is -0.347 e. The Kier molecular flexibility index (Phi) is 5.21. The molecule has 5 nitrogen and oxygen atoms in total. The van der Waals surface area contributed by atoms with Crippen LogP contribution in [0.5, 0.6) is 0 Å². The van der Waals surface area contributed by atoms with Crippen molar-refractivity contribution >= 4 is 29.0 Å². The van der Waals surface area contributed by atoms with E-state index in [0.29, 0.717) is 23.8 Å². The summed E-state index contributed by atoms with van der Waals surface area (Å²) in [5, 5.41) is 12.5. The molecule has 4 rings (SSSR count). The summed E-state index contributed by atoms with van der Waals surface area (Å²) in [5.41, 5.74) is 1.28. The molecule has 2 aromatic rings. The largest absolute Gasteiger partial charge is 0.347 e. The highest BCUT2D eigenvalue weighted by Crippen LogP contribution is 2.37.